The summed E-state index contributed by atoms with van der Waals surface area (Å²) < 4.78 is 15.3. The van der Waals surface area contributed by atoms with Gasteiger partial charge in [-0.3, -0.25) is 19.7 Å². The molecule has 10 nitrogen and oxygen atoms in total. The van der Waals surface area contributed by atoms with Crippen molar-refractivity contribution in [2.75, 3.05) is 19.0 Å². The minimum absolute atomic E-state index is 0.111. The van der Waals surface area contributed by atoms with E-state index in [1.165, 1.54) is 31.6 Å². The number of carbonyl (C=O) groups is 2. The lowest BCUT2D eigenvalue weighted by Crippen LogP contribution is -2.22. The summed E-state index contributed by atoms with van der Waals surface area (Å²) in [5.74, 6) is -0.796. The van der Waals surface area contributed by atoms with Crippen LogP contribution in [-0.2, 0) is 20.7 Å². The molecule has 0 aliphatic carbocycles. The summed E-state index contributed by atoms with van der Waals surface area (Å²) in [5, 5.41) is 13.3. The van der Waals surface area contributed by atoms with Gasteiger partial charge in [0.05, 0.1) is 35.9 Å². The van der Waals surface area contributed by atoms with Gasteiger partial charge in [-0.2, -0.15) is 0 Å². The van der Waals surface area contributed by atoms with Crippen LogP contribution >= 0.6 is 0 Å². The molecular formula is C20H17N3O7. The summed E-state index contributed by atoms with van der Waals surface area (Å²) in [5.41, 5.74) is 1.18. The van der Waals surface area contributed by atoms with Crippen molar-refractivity contribution in [3.8, 4) is 17.2 Å². The number of methoxy groups -OCH3 is 1. The number of non-ortho nitro benzene ring substituents is 1. The Morgan fingerprint density at radius 2 is 1.97 bits per heavy atom. The van der Waals surface area contributed by atoms with Gasteiger partial charge in [0.2, 0.25) is 5.89 Å². The number of nitrogens with zero attached hydrogens (tertiary/aromatic N) is 2. The first kappa shape index (κ1) is 20.5. The highest BCUT2D eigenvalue weighted by Crippen LogP contribution is 2.28. The van der Waals surface area contributed by atoms with E-state index in [9.17, 15) is 19.7 Å². The highest BCUT2D eigenvalue weighted by Gasteiger charge is 2.16. The number of hydrogen-bond donors (Lipinski definition) is 1. The molecule has 0 atom stereocenters. The molecule has 1 heterocycles. The molecule has 0 saturated heterocycles. The lowest BCUT2D eigenvalue weighted by molar-refractivity contribution is -0.384. The molecule has 10 heteroatoms. The molecule has 30 heavy (non-hydrogen) atoms. The lowest BCUT2D eigenvalue weighted by Gasteiger charge is -2.10. The molecule has 1 amide bonds. The zero-order chi connectivity index (χ0) is 21.5. The second-order valence-corrected chi connectivity index (χ2v) is 6.04. The van der Waals surface area contributed by atoms with E-state index in [0.717, 1.165) is 5.56 Å². The maximum atomic E-state index is 12.0. The van der Waals surface area contributed by atoms with Gasteiger partial charge in [-0.15, -0.1) is 0 Å². The standard InChI is InChI=1S/C20H17N3O7/c1-28-17-10-15(23(26)27)7-8-16(17)22-18(24)12-29-19(25)9-14-11-30-20(21-14)13-5-3-2-4-6-13/h2-8,10-11H,9,12H2,1H3,(H,22,24). The molecule has 0 aliphatic heterocycles. The smallest absolute Gasteiger partial charge is 0.312 e. The SMILES string of the molecule is COc1cc([N+](=O)[O-])ccc1NC(=O)COC(=O)Cc1coc(-c2ccccc2)n1. The minimum atomic E-state index is -0.659. The number of esters is 1. The predicted molar refractivity (Wildman–Crippen MR) is 105 cm³/mol. The number of benzene rings is 2. The first-order valence-corrected chi connectivity index (χ1v) is 8.74. The van der Waals surface area contributed by atoms with Crippen LogP contribution in [0.2, 0.25) is 0 Å². The first-order chi connectivity index (χ1) is 14.5. The normalized spacial score (nSPS) is 10.3. The Hall–Kier alpha value is -4.21. The molecule has 0 spiro atoms. The third-order valence-corrected chi connectivity index (χ3v) is 3.93. The average Bonchev–Trinajstić information content (AvgIpc) is 3.21. The summed E-state index contributed by atoms with van der Waals surface area (Å²) >= 11 is 0. The zero-order valence-electron chi connectivity index (χ0n) is 15.9. The fourth-order valence-electron chi connectivity index (χ4n) is 2.53. The van der Waals surface area contributed by atoms with Gasteiger partial charge in [-0.1, -0.05) is 18.2 Å². The molecule has 0 saturated carbocycles. The van der Waals surface area contributed by atoms with E-state index in [1.807, 2.05) is 30.3 Å². The molecule has 0 fully saturated rings. The van der Waals surface area contributed by atoms with E-state index in [0.29, 0.717) is 11.6 Å². The number of nitro benzene ring substituents is 1. The summed E-state index contributed by atoms with van der Waals surface area (Å²) in [6.45, 7) is -0.539. The van der Waals surface area contributed by atoms with E-state index in [1.54, 1.807) is 0 Å². The molecule has 2 aromatic carbocycles. The number of aromatic nitrogens is 1. The Kier molecular flexibility index (Phi) is 6.38. The Labute approximate surface area is 170 Å². The second kappa shape index (κ2) is 9.32. The van der Waals surface area contributed by atoms with Crippen LogP contribution < -0.4 is 10.1 Å². The largest absolute Gasteiger partial charge is 0.494 e. The van der Waals surface area contributed by atoms with E-state index in [2.05, 4.69) is 10.3 Å². The molecule has 0 unspecified atom stereocenters. The van der Waals surface area contributed by atoms with Gasteiger partial charge < -0.3 is 19.2 Å². The van der Waals surface area contributed by atoms with Gasteiger partial charge in [-0.05, 0) is 18.2 Å². The number of rotatable bonds is 8. The van der Waals surface area contributed by atoms with Crippen LogP contribution in [0.25, 0.3) is 11.5 Å². The van der Waals surface area contributed by atoms with Crippen LogP contribution in [0.5, 0.6) is 5.75 Å². The van der Waals surface area contributed by atoms with E-state index >= 15 is 0 Å². The molecule has 154 valence electrons. The lowest BCUT2D eigenvalue weighted by atomic mass is 10.2. The van der Waals surface area contributed by atoms with Crippen molar-refractivity contribution in [2.45, 2.75) is 6.42 Å². The monoisotopic (exact) mass is 411 g/mol. The Bertz CT molecular complexity index is 1060. The number of carbonyl (C=O) groups excluding carboxylic acids is 2. The van der Waals surface area contributed by atoms with Gasteiger partial charge in [0.1, 0.15) is 12.0 Å². The van der Waals surface area contributed by atoms with Crippen molar-refractivity contribution in [3.63, 3.8) is 0 Å². The van der Waals surface area contributed by atoms with Crippen molar-refractivity contribution in [1.82, 2.24) is 4.98 Å². The number of amides is 1. The molecule has 3 rings (SSSR count). The molecule has 3 aromatic rings. The fraction of sp³-hybridized carbons (Fsp3) is 0.150. The van der Waals surface area contributed by atoms with E-state index in [-0.39, 0.29) is 23.5 Å². The topological polar surface area (TPSA) is 134 Å². The van der Waals surface area contributed by atoms with Crippen LogP contribution in [0.1, 0.15) is 5.69 Å². The highest BCUT2D eigenvalue weighted by molar-refractivity contribution is 5.94. The molecule has 0 radical (unpaired) electrons. The number of nitrogens with one attached hydrogen (secondary N) is 1. The quantitative estimate of drug-likeness (QED) is 0.340. The van der Waals surface area contributed by atoms with Crippen LogP contribution in [-0.4, -0.2) is 35.5 Å². The number of oxazole rings is 1. The van der Waals surface area contributed by atoms with Gasteiger partial charge in [0.25, 0.3) is 11.6 Å². The summed E-state index contributed by atoms with van der Waals surface area (Å²) in [7, 11) is 1.32. The number of anilines is 1. The van der Waals surface area contributed by atoms with Crippen molar-refractivity contribution < 1.29 is 28.4 Å². The molecule has 0 aliphatic rings. The van der Waals surface area contributed by atoms with Crippen molar-refractivity contribution in [3.05, 3.63) is 70.6 Å². The van der Waals surface area contributed by atoms with E-state index in [4.69, 9.17) is 13.9 Å². The van der Waals surface area contributed by atoms with Gasteiger partial charge in [-0.25, -0.2) is 4.98 Å². The Balaban J connectivity index is 1.52. The Morgan fingerprint density at radius 3 is 2.67 bits per heavy atom. The summed E-state index contributed by atoms with van der Waals surface area (Å²) in [6, 6.07) is 12.9. The highest BCUT2D eigenvalue weighted by atomic mass is 16.6. The van der Waals surface area contributed by atoms with Gasteiger partial charge >= 0.3 is 5.97 Å². The minimum Gasteiger partial charge on any atom is -0.494 e. The fourth-order valence-corrected chi connectivity index (χ4v) is 2.53. The van der Waals surface area contributed by atoms with Crippen molar-refractivity contribution >= 4 is 23.3 Å². The third-order valence-electron chi connectivity index (χ3n) is 3.93. The van der Waals surface area contributed by atoms with Crippen LogP contribution in [0.4, 0.5) is 11.4 Å². The van der Waals surface area contributed by atoms with Crippen molar-refractivity contribution in [1.29, 1.82) is 0 Å². The molecular weight excluding hydrogens is 394 g/mol. The average molecular weight is 411 g/mol. The van der Waals surface area contributed by atoms with Gasteiger partial charge in [0, 0.05) is 11.6 Å². The van der Waals surface area contributed by atoms with Crippen molar-refractivity contribution in [2.24, 2.45) is 0 Å². The maximum Gasteiger partial charge on any atom is 0.312 e. The van der Waals surface area contributed by atoms with Crippen LogP contribution in [0.15, 0.2) is 59.2 Å². The number of nitro groups is 1. The summed E-state index contributed by atoms with van der Waals surface area (Å²) in [4.78, 5) is 38.5. The third kappa shape index (κ3) is 5.19. The maximum absolute atomic E-state index is 12.0. The first-order valence-electron chi connectivity index (χ1n) is 8.74. The molecule has 0 bridgehead atoms. The summed E-state index contributed by atoms with van der Waals surface area (Å²) in [6.07, 6.45) is 1.19. The zero-order valence-corrected chi connectivity index (χ0v) is 15.9. The second-order valence-electron chi connectivity index (χ2n) is 6.04. The van der Waals surface area contributed by atoms with Crippen LogP contribution in [0.3, 0.4) is 0 Å². The van der Waals surface area contributed by atoms with Crippen LogP contribution in [0, 0.1) is 10.1 Å². The number of ether oxygens (including phenoxy) is 2. The van der Waals surface area contributed by atoms with E-state index < -0.39 is 23.4 Å². The van der Waals surface area contributed by atoms with Gasteiger partial charge in [0.15, 0.2) is 6.61 Å². The molecule has 1 aromatic heterocycles. The number of hydrogen-bond acceptors (Lipinski definition) is 8. The molecule has 1 N–H and O–H groups in total. The Morgan fingerprint density at radius 1 is 1.20 bits per heavy atom. The predicted octanol–water partition coefficient (Wildman–Crippen LogP) is 2.98.